The molecule has 2 aromatic rings. The molecule has 1 N–H and O–H groups in total. The summed E-state index contributed by atoms with van der Waals surface area (Å²) in [6.45, 7) is 7.53. The van der Waals surface area contributed by atoms with Crippen molar-refractivity contribution in [2.75, 3.05) is 42.9 Å². The Morgan fingerprint density at radius 2 is 1.88 bits per heavy atom. The van der Waals surface area contributed by atoms with Crippen molar-refractivity contribution in [1.29, 1.82) is 0 Å². The summed E-state index contributed by atoms with van der Waals surface area (Å²) in [4.78, 5) is 12.9. The first-order valence-corrected chi connectivity index (χ1v) is 8.31. The minimum absolute atomic E-state index is 0.0295. The maximum atomic E-state index is 12.5. The van der Waals surface area contributed by atoms with Crippen LogP contribution in [-0.4, -0.2) is 57.8 Å². The van der Waals surface area contributed by atoms with E-state index in [4.69, 9.17) is 0 Å². The minimum Gasteiger partial charge on any atom is -0.416 e. The van der Waals surface area contributed by atoms with Gasteiger partial charge in [0.2, 0.25) is 11.8 Å². The van der Waals surface area contributed by atoms with E-state index in [-0.39, 0.29) is 12.4 Å². The average Bonchev–Trinajstić information content (AvgIpc) is 3.04. The Morgan fingerprint density at radius 1 is 1.15 bits per heavy atom. The van der Waals surface area contributed by atoms with E-state index in [9.17, 15) is 13.2 Å². The maximum Gasteiger partial charge on any atom is 0.470 e. The Kier molecular flexibility index (Phi) is 5.25. The van der Waals surface area contributed by atoms with Crippen molar-refractivity contribution in [3.63, 3.8) is 0 Å². The van der Waals surface area contributed by atoms with Gasteiger partial charge in [0.15, 0.2) is 0 Å². The molecule has 0 saturated carbocycles. The van der Waals surface area contributed by atoms with Crippen LogP contribution in [0.4, 0.5) is 24.9 Å². The molecule has 0 unspecified atom stereocenters. The second-order valence-corrected chi connectivity index (χ2v) is 5.98. The summed E-state index contributed by atoms with van der Waals surface area (Å²) in [5.74, 6) is 0.0948. The van der Waals surface area contributed by atoms with Gasteiger partial charge in [-0.25, -0.2) is 4.98 Å². The Balaban J connectivity index is 1.58. The lowest BCUT2D eigenvalue weighted by atomic mass is 10.3. The summed E-state index contributed by atoms with van der Waals surface area (Å²) >= 11 is 0. The molecule has 1 fully saturated rings. The fourth-order valence-electron chi connectivity index (χ4n) is 2.71. The van der Waals surface area contributed by atoms with Crippen molar-refractivity contribution in [2.45, 2.75) is 26.6 Å². The lowest BCUT2D eigenvalue weighted by Crippen LogP contribution is -2.46. The molecule has 11 heteroatoms. The Morgan fingerprint density at radius 3 is 2.50 bits per heavy atom. The van der Waals surface area contributed by atoms with Gasteiger partial charge in [0.25, 0.3) is 0 Å². The molecule has 0 radical (unpaired) electrons. The van der Waals surface area contributed by atoms with Crippen molar-refractivity contribution in [1.82, 2.24) is 25.1 Å². The summed E-state index contributed by atoms with van der Waals surface area (Å²) < 4.78 is 42.2. The van der Waals surface area contributed by atoms with Crippen LogP contribution in [0.5, 0.6) is 0 Å². The SMILES string of the molecule is CCNc1nc(C)cc(N2CCN(Cc3nnc(C(F)(F)F)o3)CC2)n1. The number of anilines is 2. The first-order chi connectivity index (χ1) is 12.3. The van der Waals surface area contributed by atoms with Gasteiger partial charge < -0.3 is 14.6 Å². The van der Waals surface area contributed by atoms with Crippen LogP contribution in [0, 0.1) is 6.92 Å². The lowest BCUT2D eigenvalue weighted by Gasteiger charge is -2.34. The zero-order chi connectivity index (χ0) is 18.7. The molecule has 0 aromatic carbocycles. The molecule has 0 atom stereocenters. The van der Waals surface area contributed by atoms with E-state index in [0.717, 1.165) is 18.1 Å². The summed E-state index contributed by atoms with van der Waals surface area (Å²) in [6, 6.07) is 1.92. The number of rotatable bonds is 5. The maximum absolute atomic E-state index is 12.5. The Hall–Kier alpha value is -2.43. The van der Waals surface area contributed by atoms with E-state index >= 15 is 0 Å². The second-order valence-electron chi connectivity index (χ2n) is 5.98. The van der Waals surface area contributed by atoms with Gasteiger partial charge in [0.05, 0.1) is 6.54 Å². The number of nitrogens with one attached hydrogen (secondary N) is 1. The fraction of sp³-hybridized carbons (Fsp3) is 0.600. The topological polar surface area (TPSA) is 83.2 Å². The van der Waals surface area contributed by atoms with Crippen molar-refractivity contribution >= 4 is 11.8 Å². The third-order valence-electron chi connectivity index (χ3n) is 3.94. The number of hydrogen-bond acceptors (Lipinski definition) is 8. The number of nitrogens with zero attached hydrogens (tertiary/aromatic N) is 6. The molecule has 1 saturated heterocycles. The van der Waals surface area contributed by atoms with Crippen LogP contribution in [0.25, 0.3) is 0 Å². The van der Waals surface area contributed by atoms with Crippen molar-refractivity contribution in [3.8, 4) is 0 Å². The summed E-state index contributed by atoms with van der Waals surface area (Å²) in [6.07, 6.45) is -4.61. The molecule has 1 aliphatic heterocycles. The highest BCUT2D eigenvalue weighted by atomic mass is 19.4. The smallest absolute Gasteiger partial charge is 0.416 e. The monoisotopic (exact) mass is 371 g/mol. The molecule has 0 bridgehead atoms. The van der Waals surface area contributed by atoms with Crippen LogP contribution < -0.4 is 10.2 Å². The van der Waals surface area contributed by atoms with E-state index in [1.807, 2.05) is 24.8 Å². The van der Waals surface area contributed by atoms with Gasteiger partial charge in [0, 0.05) is 44.5 Å². The Labute approximate surface area is 148 Å². The van der Waals surface area contributed by atoms with Crippen molar-refractivity contribution in [2.24, 2.45) is 0 Å². The summed E-state index contributed by atoms with van der Waals surface area (Å²) in [5, 5.41) is 9.63. The molecule has 0 amide bonds. The van der Waals surface area contributed by atoms with Gasteiger partial charge in [-0.05, 0) is 13.8 Å². The van der Waals surface area contributed by atoms with E-state index < -0.39 is 12.1 Å². The second kappa shape index (κ2) is 7.44. The normalized spacial score (nSPS) is 16.1. The highest BCUT2D eigenvalue weighted by molar-refractivity contribution is 5.45. The number of halogens is 3. The van der Waals surface area contributed by atoms with E-state index in [1.54, 1.807) is 0 Å². The van der Waals surface area contributed by atoms with Crippen molar-refractivity contribution in [3.05, 3.63) is 23.5 Å². The quantitative estimate of drug-likeness (QED) is 0.854. The van der Waals surface area contributed by atoms with E-state index in [1.165, 1.54) is 0 Å². The number of aryl methyl sites for hydroxylation is 1. The first-order valence-electron chi connectivity index (χ1n) is 8.31. The van der Waals surface area contributed by atoms with Gasteiger partial charge in [-0.2, -0.15) is 18.2 Å². The predicted molar refractivity (Wildman–Crippen MR) is 87.7 cm³/mol. The molecule has 142 valence electrons. The minimum atomic E-state index is -4.61. The highest BCUT2D eigenvalue weighted by Crippen LogP contribution is 2.28. The van der Waals surface area contributed by atoms with Gasteiger partial charge in [-0.1, -0.05) is 0 Å². The first kappa shape index (κ1) is 18.4. The fourth-order valence-corrected chi connectivity index (χ4v) is 2.71. The molecule has 26 heavy (non-hydrogen) atoms. The summed E-state index contributed by atoms with van der Waals surface area (Å²) in [5.41, 5.74) is 0.874. The third kappa shape index (κ3) is 4.40. The largest absolute Gasteiger partial charge is 0.470 e. The molecular formula is C15H20F3N7O. The number of hydrogen-bond donors (Lipinski definition) is 1. The highest BCUT2D eigenvalue weighted by Gasteiger charge is 2.38. The zero-order valence-corrected chi connectivity index (χ0v) is 14.5. The third-order valence-corrected chi connectivity index (χ3v) is 3.94. The van der Waals surface area contributed by atoms with E-state index in [2.05, 4.69) is 34.8 Å². The molecule has 1 aliphatic rings. The molecule has 3 heterocycles. The molecular weight excluding hydrogens is 351 g/mol. The van der Waals surface area contributed by atoms with Gasteiger partial charge in [-0.3, -0.25) is 4.90 Å². The van der Waals surface area contributed by atoms with Crippen LogP contribution in [0.2, 0.25) is 0 Å². The van der Waals surface area contributed by atoms with Crippen LogP contribution in [0.3, 0.4) is 0 Å². The molecule has 2 aromatic heterocycles. The molecule has 0 aliphatic carbocycles. The van der Waals surface area contributed by atoms with Crippen LogP contribution >= 0.6 is 0 Å². The van der Waals surface area contributed by atoms with Gasteiger partial charge in [-0.15, -0.1) is 10.2 Å². The van der Waals surface area contributed by atoms with Crippen LogP contribution in [-0.2, 0) is 12.7 Å². The predicted octanol–water partition coefficient (Wildman–Crippen LogP) is 1.94. The van der Waals surface area contributed by atoms with E-state index in [0.29, 0.717) is 32.1 Å². The number of aromatic nitrogens is 4. The number of piperazine rings is 1. The van der Waals surface area contributed by atoms with Crippen LogP contribution in [0.15, 0.2) is 10.5 Å². The van der Waals surface area contributed by atoms with Crippen molar-refractivity contribution < 1.29 is 17.6 Å². The molecule has 0 spiro atoms. The summed E-state index contributed by atoms with van der Waals surface area (Å²) in [7, 11) is 0. The molecule has 8 nitrogen and oxygen atoms in total. The van der Waals surface area contributed by atoms with Crippen LogP contribution in [0.1, 0.15) is 24.4 Å². The van der Waals surface area contributed by atoms with Gasteiger partial charge in [0.1, 0.15) is 5.82 Å². The number of alkyl halides is 3. The Bertz CT molecular complexity index is 741. The average molecular weight is 371 g/mol. The van der Waals surface area contributed by atoms with Gasteiger partial charge >= 0.3 is 12.1 Å². The lowest BCUT2D eigenvalue weighted by molar-refractivity contribution is -0.157. The standard InChI is InChI=1S/C15H20F3N7O/c1-3-19-14-20-10(2)8-11(21-14)25-6-4-24(5-7-25)9-12-22-23-13(26-12)15(16,17)18/h8H,3-7,9H2,1-2H3,(H,19,20,21). The zero-order valence-electron chi connectivity index (χ0n) is 14.5. The molecule has 3 rings (SSSR count).